The lowest BCUT2D eigenvalue weighted by molar-refractivity contribution is 0.0947. The molecule has 0 bridgehead atoms. The summed E-state index contributed by atoms with van der Waals surface area (Å²) in [5, 5.41) is 10.3. The highest BCUT2D eigenvalue weighted by atomic mass is 35.5. The monoisotopic (exact) mass is 258 g/mol. The highest BCUT2D eigenvalue weighted by molar-refractivity contribution is 5.95. The van der Waals surface area contributed by atoms with Crippen molar-refractivity contribution < 1.29 is 4.79 Å². The highest BCUT2D eigenvalue weighted by Gasteiger charge is 2.17. The normalized spacial score (nSPS) is 18.8. The molecule has 0 radical (unpaired) electrons. The van der Waals surface area contributed by atoms with Gasteiger partial charge in [0.2, 0.25) is 0 Å². The van der Waals surface area contributed by atoms with E-state index in [0.29, 0.717) is 11.5 Å². The second kappa shape index (κ2) is 6.02. The Morgan fingerprint density at radius 1 is 1.71 bits per heavy atom. The molecule has 6 heteroatoms. The van der Waals surface area contributed by atoms with Crippen LogP contribution in [0, 0.1) is 12.8 Å². The van der Waals surface area contributed by atoms with E-state index in [4.69, 9.17) is 0 Å². The molecule has 1 aliphatic rings. The summed E-state index contributed by atoms with van der Waals surface area (Å²) < 4.78 is 1.71. The third-order valence-electron chi connectivity index (χ3n) is 3.19. The Balaban J connectivity index is 0.00000144. The molecule has 0 spiro atoms. The SMILES string of the molecule is Cc1c(C(=O)NCC2CCNC2)cnn1C.Cl. The van der Waals surface area contributed by atoms with Gasteiger partial charge in [0, 0.05) is 19.3 Å². The van der Waals surface area contributed by atoms with Crippen molar-refractivity contribution in [2.24, 2.45) is 13.0 Å². The average Bonchev–Trinajstić information content (AvgIpc) is 2.88. The first-order valence-corrected chi connectivity index (χ1v) is 5.66. The van der Waals surface area contributed by atoms with E-state index in [2.05, 4.69) is 15.7 Å². The van der Waals surface area contributed by atoms with Crippen LogP contribution in [0.2, 0.25) is 0 Å². The summed E-state index contributed by atoms with van der Waals surface area (Å²) in [6.07, 6.45) is 2.77. The minimum absolute atomic E-state index is 0. The number of nitrogens with zero attached hydrogens (tertiary/aromatic N) is 2. The van der Waals surface area contributed by atoms with Gasteiger partial charge in [-0.25, -0.2) is 0 Å². The van der Waals surface area contributed by atoms with E-state index in [1.807, 2.05) is 14.0 Å². The molecule has 0 aromatic carbocycles. The lowest BCUT2D eigenvalue weighted by Crippen LogP contribution is -2.30. The maximum absolute atomic E-state index is 11.9. The standard InChI is InChI=1S/C11H18N4O.ClH/c1-8-10(7-14-15(8)2)11(16)13-6-9-3-4-12-5-9;/h7,9,12H,3-6H2,1-2H3,(H,13,16);1H. The lowest BCUT2D eigenvalue weighted by Gasteiger charge is -2.09. The molecule has 96 valence electrons. The molecule has 17 heavy (non-hydrogen) atoms. The van der Waals surface area contributed by atoms with Crippen LogP contribution in [0.4, 0.5) is 0 Å². The molecule has 2 rings (SSSR count). The molecule has 0 saturated carbocycles. The van der Waals surface area contributed by atoms with Crippen LogP contribution < -0.4 is 10.6 Å². The van der Waals surface area contributed by atoms with Gasteiger partial charge in [0.1, 0.15) is 0 Å². The second-order valence-electron chi connectivity index (χ2n) is 4.34. The molecule has 1 unspecified atom stereocenters. The van der Waals surface area contributed by atoms with Crippen molar-refractivity contribution in [3.05, 3.63) is 17.5 Å². The van der Waals surface area contributed by atoms with Crippen LogP contribution in [-0.2, 0) is 7.05 Å². The summed E-state index contributed by atoms with van der Waals surface area (Å²) in [5.74, 6) is 0.554. The number of aromatic nitrogens is 2. The van der Waals surface area contributed by atoms with Crippen molar-refractivity contribution >= 4 is 18.3 Å². The van der Waals surface area contributed by atoms with Crippen molar-refractivity contribution in [1.82, 2.24) is 20.4 Å². The van der Waals surface area contributed by atoms with E-state index in [1.54, 1.807) is 10.9 Å². The van der Waals surface area contributed by atoms with Gasteiger partial charge in [-0.3, -0.25) is 9.48 Å². The van der Waals surface area contributed by atoms with Crippen LogP contribution in [0.1, 0.15) is 22.5 Å². The fourth-order valence-corrected chi connectivity index (χ4v) is 1.94. The number of hydrogen-bond donors (Lipinski definition) is 2. The Labute approximate surface area is 107 Å². The van der Waals surface area contributed by atoms with E-state index < -0.39 is 0 Å². The van der Waals surface area contributed by atoms with Gasteiger partial charge in [-0.15, -0.1) is 12.4 Å². The molecule has 1 atom stereocenters. The van der Waals surface area contributed by atoms with Gasteiger partial charge in [0.05, 0.1) is 11.8 Å². The molecule has 1 fully saturated rings. The van der Waals surface area contributed by atoms with Gasteiger partial charge in [0.15, 0.2) is 0 Å². The summed E-state index contributed by atoms with van der Waals surface area (Å²) in [5.41, 5.74) is 1.58. The average molecular weight is 259 g/mol. The van der Waals surface area contributed by atoms with Crippen molar-refractivity contribution in [2.75, 3.05) is 19.6 Å². The van der Waals surface area contributed by atoms with E-state index in [1.165, 1.54) is 0 Å². The summed E-state index contributed by atoms with van der Waals surface area (Å²) >= 11 is 0. The zero-order valence-electron chi connectivity index (χ0n) is 10.2. The Bertz CT molecular complexity index is 385. The Morgan fingerprint density at radius 2 is 2.47 bits per heavy atom. The molecule has 1 aliphatic heterocycles. The lowest BCUT2D eigenvalue weighted by atomic mass is 10.1. The largest absolute Gasteiger partial charge is 0.352 e. The number of carbonyl (C=O) groups excluding carboxylic acids is 1. The number of halogens is 1. The van der Waals surface area contributed by atoms with Gasteiger partial charge >= 0.3 is 0 Å². The van der Waals surface area contributed by atoms with E-state index in [9.17, 15) is 4.79 Å². The first-order valence-electron chi connectivity index (χ1n) is 5.66. The minimum Gasteiger partial charge on any atom is -0.352 e. The van der Waals surface area contributed by atoms with Crippen molar-refractivity contribution in [2.45, 2.75) is 13.3 Å². The molecule has 2 N–H and O–H groups in total. The van der Waals surface area contributed by atoms with Gasteiger partial charge in [0.25, 0.3) is 5.91 Å². The number of aryl methyl sites for hydroxylation is 1. The zero-order valence-corrected chi connectivity index (χ0v) is 11.0. The fraction of sp³-hybridized carbons (Fsp3) is 0.636. The van der Waals surface area contributed by atoms with Gasteiger partial charge in [-0.2, -0.15) is 5.10 Å². The van der Waals surface area contributed by atoms with Crippen molar-refractivity contribution in [1.29, 1.82) is 0 Å². The second-order valence-corrected chi connectivity index (χ2v) is 4.34. The summed E-state index contributed by atoms with van der Waals surface area (Å²) in [7, 11) is 1.84. The predicted octanol–water partition coefficient (Wildman–Crippen LogP) is 0.490. The summed E-state index contributed by atoms with van der Waals surface area (Å²) in [6.45, 7) is 4.72. The Hall–Kier alpha value is -1.07. The number of hydrogen-bond acceptors (Lipinski definition) is 3. The quantitative estimate of drug-likeness (QED) is 0.830. The van der Waals surface area contributed by atoms with Crippen LogP contribution in [0.5, 0.6) is 0 Å². The topological polar surface area (TPSA) is 59.0 Å². The number of nitrogens with one attached hydrogen (secondary N) is 2. The van der Waals surface area contributed by atoms with Crippen LogP contribution in [0.3, 0.4) is 0 Å². The van der Waals surface area contributed by atoms with Gasteiger partial charge < -0.3 is 10.6 Å². The van der Waals surface area contributed by atoms with Crippen LogP contribution in [-0.4, -0.2) is 35.3 Å². The first kappa shape index (κ1) is 14.0. The minimum atomic E-state index is -0.0162. The number of rotatable bonds is 3. The smallest absolute Gasteiger partial charge is 0.254 e. The third-order valence-corrected chi connectivity index (χ3v) is 3.19. The molecule has 5 nitrogen and oxygen atoms in total. The number of carbonyl (C=O) groups is 1. The zero-order chi connectivity index (χ0) is 11.5. The Kier molecular flexibility index (Phi) is 4.96. The number of amides is 1. The summed E-state index contributed by atoms with van der Waals surface area (Å²) in [6, 6.07) is 0. The third kappa shape index (κ3) is 3.20. The van der Waals surface area contributed by atoms with Gasteiger partial charge in [-0.05, 0) is 32.4 Å². The van der Waals surface area contributed by atoms with Crippen LogP contribution in [0.15, 0.2) is 6.20 Å². The van der Waals surface area contributed by atoms with E-state index in [0.717, 1.165) is 31.7 Å². The van der Waals surface area contributed by atoms with Crippen molar-refractivity contribution in [3.8, 4) is 0 Å². The molecule has 1 saturated heterocycles. The molecule has 2 heterocycles. The van der Waals surface area contributed by atoms with Crippen LogP contribution in [0.25, 0.3) is 0 Å². The fourth-order valence-electron chi connectivity index (χ4n) is 1.94. The Morgan fingerprint density at radius 3 is 3.00 bits per heavy atom. The highest BCUT2D eigenvalue weighted by Crippen LogP contribution is 2.08. The molecule has 0 aliphatic carbocycles. The summed E-state index contributed by atoms with van der Waals surface area (Å²) in [4.78, 5) is 11.9. The van der Waals surface area contributed by atoms with Gasteiger partial charge in [-0.1, -0.05) is 0 Å². The molecule has 1 aromatic rings. The van der Waals surface area contributed by atoms with E-state index >= 15 is 0 Å². The molecular weight excluding hydrogens is 240 g/mol. The molecule has 1 amide bonds. The first-order chi connectivity index (χ1) is 7.68. The van der Waals surface area contributed by atoms with E-state index in [-0.39, 0.29) is 18.3 Å². The molecular formula is C11H19ClN4O. The molecule has 1 aromatic heterocycles. The maximum atomic E-state index is 11.9. The maximum Gasteiger partial charge on any atom is 0.254 e. The van der Waals surface area contributed by atoms with Crippen LogP contribution >= 0.6 is 12.4 Å². The predicted molar refractivity (Wildman–Crippen MR) is 68.5 cm³/mol. The van der Waals surface area contributed by atoms with Crippen molar-refractivity contribution in [3.63, 3.8) is 0 Å².